The molecule has 1 atom stereocenters. The first-order valence-corrected chi connectivity index (χ1v) is 7.63. The van der Waals surface area contributed by atoms with Gasteiger partial charge in [0.1, 0.15) is 0 Å². The van der Waals surface area contributed by atoms with E-state index in [0.29, 0.717) is 6.04 Å². The number of aliphatic hydroxyl groups is 1. The fourth-order valence-electron chi connectivity index (χ4n) is 2.78. The van der Waals surface area contributed by atoms with Crippen LogP contribution in [0.3, 0.4) is 0 Å². The van der Waals surface area contributed by atoms with E-state index in [9.17, 15) is 5.11 Å². The van der Waals surface area contributed by atoms with Crippen LogP contribution in [0.4, 0.5) is 5.69 Å². The van der Waals surface area contributed by atoms with Crippen molar-refractivity contribution in [2.45, 2.75) is 58.7 Å². The van der Waals surface area contributed by atoms with Crippen LogP contribution in [0.2, 0.25) is 0 Å². The Morgan fingerprint density at radius 2 is 2.10 bits per heavy atom. The highest BCUT2D eigenvalue weighted by Gasteiger charge is 2.24. The maximum Gasteiger partial charge on any atom is 0.0635 e. The normalized spacial score (nSPS) is 19.6. The number of benzene rings is 1. The van der Waals surface area contributed by atoms with Crippen LogP contribution in [0, 0.1) is 6.92 Å². The maximum atomic E-state index is 9.44. The number of nitrogens with one attached hydrogen (secondary N) is 1. The van der Waals surface area contributed by atoms with Gasteiger partial charge in [0, 0.05) is 24.3 Å². The average Bonchev–Trinajstić information content (AvgIpc) is 2.84. The van der Waals surface area contributed by atoms with Crippen LogP contribution in [-0.2, 0) is 6.54 Å². The van der Waals surface area contributed by atoms with Crippen LogP contribution in [0.25, 0.3) is 0 Å². The highest BCUT2D eigenvalue weighted by molar-refractivity contribution is 5.52. The molecule has 2 N–H and O–H groups in total. The lowest BCUT2D eigenvalue weighted by molar-refractivity contribution is 0.266. The Morgan fingerprint density at radius 1 is 1.35 bits per heavy atom. The van der Waals surface area contributed by atoms with Gasteiger partial charge in [-0.15, -0.1) is 0 Å². The zero-order chi connectivity index (χ0) is 14.8. The number of aryl methyl sites for hydroxylation is 1. The highest BCUT2D eigenvalue weighted by Crippen LogP contribution is 2.27. The van der Waals surface area contributed by atoms with Gasteiger partial charge < -0.3 is 15.3 Å². The van der Waals surface area contributed by atoms with E-state index in [2.05, 4.69) is 56.1 Å². The molecule has 0 aromatic heterocycles. The maximum absolute atomic E-state index is 9.44. The Labute approximate surface area is 123 Å². The van der Waals surface area contributed by atoms with E-state index in [0.717, 1.165) is 19.5 Å². The number of rotatable bonds is 4. The Bertz CT molecular complexity index is 451. The zero-order valence-electron chi connectivity index (χ0n) is 13.2. The number of hydrogen-bond donors (Lipinski definition) is 2. The molecule has 0 bridgehead atoms. The quantitative estimate of drug-likeness (QED) is 0.887. The van der Waals surface area contributed by atoms with Crippen molar-refractivity contribution in [3.8, 4) is 0 Å². The summed E-state index contributed by atoms with van der Waals surface area (Å²) >= 11 is 0. The van der Waals surface area contributed by atoms with Crippen molar-refractivity contribution < 1.29 is 5.11 Å². The molecule has 0 aliphatic carbocycles. The SMILES string of the molecule is Cc1cc(N2CCCC2CO)ccc1CNC(C)(C)C. The molecule has 0 radical (unpaired) electrons. The molecule has 112 valence electrons. The second kappa shape index (κ2) is 6.15. The molecule has 3 heteroatoms. The molecule has 1 unspecified atom stereocenters. The predicted molar refractivity (Wildman–Crippen MR) is 85.2 cm³/mol. The summed E-state index contributed by atoms with van der Waals surface area (Å²) in [4.78, 5) is 2.34. The van der Waals surface area contributed by atoms with Gasteiger partial charge in [-0.3, -0.25) is 0 Å². The third-order valence-corrected chi connectivity index (χ3v) is 4.05. The molecule has 1 aliphatic rings. The minimum Gasteiger partial charge on any atom is -0.394 e. The molecule has 0 amide bonds. The molecule has 2 rings (SSSR count). The summed E-state index contributed by atoms with van der Waals surface area (Å²) in [7, 11) is 0. The molecule has 0 spiro atoms. The fraction of sp³-hybridized carbons (Fsp3) is 0.647. The third kappa shape index (κ3) is 3.74. The van der Waals surface area contributed by atoms with E-state index in [1.807, 2.05) is 0 Å². The van der Waals surface area contributed by atoms with Gasteiger partial charge >= 0.3 is 0 Å². The van der Waals surface area contributed by atoms with E-state index in [1.54, 1.807) is 0 Å². The predicted octanol–water partition coefficient (Wildman–Crippen LogP) is 2.84. The minimum absolute atomic E-state index is 0.141. The summed E-state index contributed by atoms with van der Waals surface area (Å²) in [5, 5.41) is 13.0. The largest absolute Gasteiger partial charge is 0.394 e. The van der Waals surface area contributed by atoms with Gasteiger partial charge in [0.25, 0.3) is 0 Å². The van der Waals surface area contributed by atoms with Crippen LogP contribution < -0.4 is 10.2 Å². The first kappa shape index (κ1) is 15.3. The average molecular weight is 276 g/mol. The van der Waals surface area contributed by atoms with Gasteiger partial charge in [-0.2, -0.15) is 0 Å². The van der Waals surface area contributed by atoms with Crippen molar-refractivity contribution in [2.24, 2.45) is 0 Å². The van der Waals surface area contributed by atoms with Crippen LogP contribution in [0.15, 0.2) is 18.2 Å². The molecule has 1 aromatic rings. The minimum atomic E-state index is 0.141. The van der Waals surface area contributed by atoms with Crippen molar-refractivity contribution in [2.75, 3.05) is 18.1 Å². The summed E-state index contributed by atoms with van der Waals surface area (Å²) in [6.45, 7) is 11.0. The van der Waals surface area contributed by atoms with Crippen molar-refractivity contribution in [1.82, 2.24) is 5.32 Å². The molecule has 1 saturated heterocycles. The standard InChI is InChI=1S/C17H28N2O/c1-13-10-15(19-9-5-6-16(19)12-20)8-7-14(13)11-18-17(2,3)4/h7-8,10,16,18,20H,5-6,9,11-12H2,1-4H3. The zero-order valence-corrected chi connectivity index (χ0v) is 13.2. The molecule has 3 nitrogen and oxygen atoms in total. The van der Waals surface area contributed by atoms with E-state index >= 15 is 0 Å². The molecule has 1 aromatic carbocycles. The fourth-order valence-corrected chi connectivity index (χ4v) is 2.78. The second-order valence-corrected chi connectivity index (χ2v) is 6.89. The number of anilines is 1. The van der Waals surface area contributed by atoms with E-state index in [4.69, 9.17) is 0 Å². The van der Waals surface area contributed by atoms with Gasteiger partial charge in [0.15, 0.2) is 0 Å². The van der Waals surface area contributed by atoms with E-state index < -0.39 is 0 Å². The second-order valence-electron chi connectivity index (χ2n) is 6.89. The van der Waals surface area contributed by atoms with Crippen molar-refractivity contribution >= 4 is 5.69 Å². The molecule has 1 aliphatic heterocycles. The Hall–Kier alpha value is -1.06. The number of aliphatic hydroxyl groups excluding tert-OH is 1. The van der Waals surface area contributed by atoms with Crippen molar-refractivity contribution in [3.05, 3.63) is 29.3 Å². The Balaban J connectivity index is 2.09. The highest BCUT2D eigenvalue weighted by atomic mass is 16.3. The third-order valence-electron chi connectivity index (χ3n) is 4.05. The Morgan fingerprint density at radius 3 is 2.70 bits per heavy atom. The first-order chi connectivity index (χ1) is 9.40. The van der Waals surface area contributed by atoms with E-state index in [1.165, 1.54) is 23.2 Å². The van der Waals surface area contributed by atoms with Crippen LogP contribution in [0.5, 0.6) is 0 Å². The van der Waals surface area contributed by atoms with E-state index in [-0.39, 0.29) is 12.1 Å². The first-order valence-electron chi connectivity index (χ1n) is 7.63. The summed E-state index contributed by atoms with van der Waals surface area (Å²) in [5.74, 6) is 0. The lowest BCUT2D eigenvalue weighted by Gasteiger charge is -2.26. The van der Waals surface area contributed by atoms with Gasteiger partial charge in [0.2, 0.25) is 0 Å². The summed E-state index contributed by atoms with van der Waals surface area (Å²) in [5.41, 5.74) is 4.06. The number of hydrogen-bond acceptors (Lipinski definition) is 3. The van der Waals surface area contributed by atoms with Crippen LogP contribution in [-0.4, -0.2) is 29.8 Å². The molecule has 1 fully saturated rings. The van der Waals surface area contributed by atoms with Gasteiger partial charge in [-0.05, 0) is 63.8 Å². The molecular weight excluding hydrogens is 248 g/mol. The lowest BCUT2D eigenvalue weighted by atomic mass is 10.0. The van der Waals surface area contributed by atoms with Gasteiger partial charge in [-0.25, -0.2) is 0 Å². The topological polar surface area (TPSA) is 35.5 Å². The smallest absolute Gasteiger partial charge is 0.0635 e. The van der Waals surface area contributed by atoms with Gasteiger partial charge in [-0.1, -0.05) is 6.07 Å². The van der Waals surface area contributed by atoms with Crippen LogP contribution >= 0.6 is 0 Å². The molecule has 20 heavy (non-hydrogen) atoms. The molecule has 1 heterocycles. The summed E-state index contributed by atoms with van der Waals surface area (Å²) < 4.78 is 0. The molecule has 0 saturated carbocycles. The summed E-state index contributed by atoms with van der Waals surface area (Å²) in [6.07, 6.45) is 2.28. The summed E-state index contributed by atoms with van der Waals surface area (Å²) in [6, 6.07) is 6.97. The van der Waals surface area contributed by atoms with Crippen molar-refractivity contribution in [1.29, 1.82) is 0 Å². The van der Waals surface area contributed by atoms with Crippen LogP contribution in [0.1, 0.15) is 44.7 Å². The number of nitrogens with zero attached hydrogens (tertiary/aromatic N) is 1. The van der Waals surface area contributed by atoms with Gasteiger partial charge in [0.05, 0.1) is 12.6 Å². The molecular formula is C17H28N2O. The van der Waals surface area contributed by atoms with Crippen molar-refractivity contribution in [3.63, 3.8) is 0 Å². The monoisotopic (exact) mass is 276 g/mol. The Kier molecular flexibility index (Phi) is 4.71. The lowest BCUT2D eigenvalue weighted by Crippen LogP contribution is -2.35.